The van der Waals surface area contributed by atoms with E-state index in [0.29, 0.717) is 37.0 Å². The molecule has 10 heteroatoms. The number of fused-ring (bicyclic) bond motifs is 3. The van der Waals surface area contributed by atoms with E-state index in [4.69, 9.17) is 19.3 Å². The second-order valence-corrected chi connectivity index (χ2v) is 10.5. The Morgan fingerprint density at radius 2 is 2.11 bits per heavy atom. The number of methoxy groups -OCH3 is 1. The van der Waals surface area contributed by atoms with Gasteiger partial charge in [0.25, 0.3) is 5.91 Å². The van der Waals surface area contributed by atoms with E-state index >= 15 is 0 Å². The first-order chi connectivity index (χ1) is 17.9. The van der Waals surface area contributed by atoms with Crippen LogP contribution >= 0.6 is 11.3 Å². The fraction of sp³-hybridized carbons (Fsp3) is 0.370. The van der Waals surface area contributed by atoms with Gasteiger partial charge >= 0.3 is 0 Å². The molecule has 0 atom stereocenters. The maximum absolute atomic E-state index is 13.9. The van der Waals surface area contributed by atoms with E-state index in [9.17, 15) is 4.79 Å². The van der Waals surface area contributed by atoms with Crippen molar-refractivity contribution >= 4 is 17.2 Å². The van der Waals surface area contributed by atoms with Gasteiger partial charge in [-0.15, -0.1) is 0 Å². The van der Waals surface area contributed by atoms with Crippen LogP contribution in [0.3, 0.4) is 0 Å². The highest BCUT2D eigenvalue weighted by atomic mass is 32.1. The maximum atomic E-state index is 13.9. The number of hydrogen-bond donors (Lipinski definition) is 0. The van der Waals surface area contributed by atoms with Crippen molar-refractivity contribution in [2.24, 2.45) is 0 Å². The standard InChI is InChI=1S/C27H29N5O4S/c1-5-31-21(6-8-28-31)18-12-19-23(13-22(18)34-4)36-14-20-24(26(33)30-9-10-35-16-27(30,2)3)29-32(25(19)20)17-7-11-37-15-17/h6-8,11-13,15H,5,9-10,14,16H2,1-4H3. The zero-order valence-corrected chi connectivity index (χ0v) is 22.2. The molecule has 9 nitrogen and oxygen atoms in total. The zero-order chi connectivity index (χ0) is 25.7. The minimum atomic E-state index is -0.430. The number of aromatic nitrogens is 4. The lowest BCUT2D eigenvalue weighted by molar-refractivity contribution is -0.0374. The Labute approximate surface area is 219 Å². The first-order valence-electron chi connectivity index (χ1n) is 12.3. The van der Waals surface area contributed by atoms with Crippen molar-refractivity contribution in [2.45, 2.75) is 39.5 Å². The Bertz CT molecular complexity index is 1470. The molecule has 3 aromatic heterocycles. The number of carbonyl (C=O) groups is 1. The van der Waals surface area contributed by atoms with Crippen LogP contribution in [0, 0.1) is 0 Å². The van der Waals surface area contributed by atoms with E-state index in [-0.39, 0.29) is 12.5 Å². The third kappa shape index (κ3) is 3.82. The topological polar surface area (TPSA) is 83.6 Å². The summed E-state index contributed by atoms with van der Waals surface area (Å²) in [5.41, 5.74) is 5.25. The zero-order valence-electron chi connectivity index (χ0n) is 21.4. The van der Waals surface area contributed by atoms with Gasteiger partial charge in [0.2, 0.25) is 0 Å². The number of morpholine rings is 1. The molecule has 1 fully saturated rings. The van der Waals surface area contributed by atoms with Crippen molar-refractivity contribution in [1.29, 1.82) is 0 Å². The van der Waals surface area contributed by atoms with Crippen LogP contribution in [0.4, 0.5) is 0 Å². The predicted octanol–water partition coefficient (Wildman–Crippen LogP) is 4.64. The number of carbonyl (C=O) groups excluding carboxylic acids is 1. The molecule has 0 saturated carbocycles. The molecule has 5 heterocycles. The van der Waals surface area contributed by atoms with Crippen molar-refractivity contribution < 1.29 is 19.0 Å². The van der Waals surface area contributed by atoms with Gasteiger partial charge in [-0.1, -0.05) is 0 Å². The summed E-state index contributed by atoms with van der Waals surface area (Å²) in [5, 5.41) is 13.4. The van der Waals surface area contributed by atoms with Crippen molar-refractivity contribution in [2.75, 3.05) is 26.9 Å². The van der Waals surface area contributed by atoms with E-state index < -0.39 is 5.54 Å². The Morgan fingerprint density at radius 1 is 1.24 bits per heavy atom. The molecule has 0 bridgehead atoms. The van der Waals surface area contributed by atoms with Gasteiger partial charge in [0.1, 0.15) is 18.1 Å². The van der Waals surface area contributed by atoms with Crippen LogP contribution in [0.2, 0.25) is 0 Å². The second-order valence-electron chi connectivity index (χ2n) is 9.76. The number of rotatable bonds is 5. The predicted molar refractivity (Wildman–Crippen MR) is 141 cm³/mol. The average molecular weight is 520 g/mol. The summed E-state index contributed by atoms with van der Waals surface area (Å²) in [6, 6.07) is 7.96. The van der Waals surface area contributed by atoms with Crippen LogP contribution in [-0.4, -0.2) is 62.8 Å². The molecule has 0 N–H and O–H groups in total. The van der Waals surface area contributed by atoms with Crippen LogP contribution in [0.25, 0.3) is 28.2 Å². The number of nitrogens with zero attached hydrogens (tertiary/aromatic N) is 5. The average Bonchev–Trinajstić information content (AvgIpc) is 3.66. The third-order valence-electron chi connectivity index (χ3n) is 7.05. The summed E-state index contributed by atoms with van der Waals surface area (Å²) in [7, 11) is 1.66. The van der Waals surface area contributed by atoms with E-state index in [1.165, 1.54) is 0 Å². The van der Waals surface area contributed by atoms with Gasteiger partial charge in [0, 0.05) is 47.4 Å². The molecular formula is C27H29N5O4S. The first kappa shape index (κ1) is 23.7. The van der Waals surface area contributed by atoms with Gasteiger partial charge in [-0.05, 0) is 44.4 Å². The van der Waals surface area contributed by atoms with Crippen molar-refractivity contribution in [3.05, 3.63) is 52.5 Å². The molecule has 1 amide bonds. The quantitative estimate of drug-likeness (QED) is 0.382. The van der Waals surface area contributed by atoms with Gasteiger partial charge < -0.3 is 19.1 Å². The molecule has 0 spiro atoms. The highest BCUT2D eigenvalue weighted by molar-refractivity contribution is 7.08. The van der Waals surface area contributed by atoms with Crippen LogP contribution in [0.5, 0.6) is 11.5 Å². The number of benzene rings is 1. The fourth-order valence-corrected chi connectivity index (χ4v) is 5.78. The fourth-order valence-electron chi connectivity index (χ4n) is 5.16. The lowest BCUT2D eigenvalue weighted by Crippen LogP contribution is -2.55. The maximum Gasteiger partial charge on any atom is 0.275 e. The lowest BCUT2D eigenvalue weighted by Gasteiger charge is -2.41. The summed E-state index contributed by atoms with van der Waals surface area (Å²) in [4.78, 5) is 15.8. The summed E-state index contributed by atoms with van der Waals surface area (Å²) < 4.78 is 21.4. The van der Waals surface area contributed by atoms with Crippen LogP contribution in [0.1, 0.15) is 36.8 Å². The van der Waals surface area contributed by atoms with E-state index in [0.717, 1.165) is 40.3 Å². The number of hydrogen-bond acceptors (Lipinski definition) is 7. The molecular weight excluding hydrogens is 490 g/mol. The summed E-state index contributed by atoms with van der Waals surface area (Å²) in [6.07, 6.45) is 1.79. The SMILES string of the molecule is CCn1nccc1-c1cc2c(cc1OC)OCc1c(C(=O)N3CCOCC3(C)C)nn(-c3ccsc3)c1-2. The molecule has 2 aliphatic rings. The molecule has 2 aliphatic heterocycles. The van der Waals surface area contributed by atoms with Gasteiger partial charge in [-0.3, -0.25) is 9.48 Å². The third-order valence-corrected chi connectivity index (χ3v) is 7.72. The Kier molecular flexibility index (Phi) is 5.80. The normalized spacial score (nSPS) is 16.2. The lowest BCUT2D eigenvalue weighted by atomic mass is 9.96. The van der Waals surface area contributed by atoms with Gasteiger partial charge in [-0.25, -0.2) is 4.68 Å². The smallest absolute Gasteiger partial charge is 0.275 e. The molecule has 6 rings (SSSR count). The van der Waals surface area contributed by atoms with Crippen molar-refractivity contribution in [1.82, 2.24) is 24.5 Å². The Balaban J connectivity index is 1.56. The minimum Gasteiger partial charge on any atom is -0.496 e. The number of thiophene rings is 1. The number of amides is 1. The van der Waals surface area contributed by atoms with Gasteiger partial charge in [0.15, 0.2) is 5.69 Å². The van der Waals surface area contributed by atoms with Crippen LogP contribution < -0.4 is 9.47 Å². The van der Waals surface area contributed by atoms with E-state index in [1.54, 1.807) is 24.6 Å². The first-order valence-corrected chi connectivity index (χ1v) is 13.3. The highest BCUT2D eigenvalue weighted by Crippen LogP contribution is 2.46. The van der Waals surface area contributed by atoms with Gasteiger partial charge in [-0.2, -0.15) is 21.5 Å². The van der Waals surface area contributed by atoms with E-state index in [2.05, 4.69) is 18.1 Å². The summed E-state index contributed by atoms with van der Waals surface area (Å²) in [5.74, 6) is 1.28. The summed E-state index contributed by atoms with van der Waals surface area (Å²) >= 11 is 1.59. The molecule has 4 aromatic rings. The molecule has 0 unspecified atom stereocenters. The minimum absolute atomic E-state index is 0.108. The van der Waals surface area contributed by atoms with Crippen molar-refractivity contribution in [3.63, 3.8) is 0 Å². The molecule has 0 radical (unpaired) electrons. The van der Waals surface area contributed by atoms with E-state index in [1.807, 2.05) is 57.1 Å². The molecule has 0 aliphatic carbocycles. The van der Waals surface area contributed by atoms with Crippen LogP contribution in [-0.2, 0) is 17.9 Å². The molecule has 1 saturated heterocycles. The molecule has 192 valence electrons. The largest absolute Gasteiger partial charge is 0.496 e. The second kappa shape index (κ2) is 9.04. The number of aryl methyl sites for hydroxylation is 1. The number of ether oxygens (including phenoxy) is 3. The Morgan fingerprint density at radius 3 is 2.84 bits per heavy atom. The van der Waals surface area contributed by atoms with Gasteiger partial charge in [0.05, 0.1) is 42.9 Å². The highest BCUT2D eigenvalue weighted by Gasteiger charge is 2.39. The van der Waals surface area contributed by atoms with Crippen molar-refractivity contribution in [3.8, 4) is 39.7 Å². The molecule has 37 heavy (non-hydrogen) atoms. The Hall–Kier alpha value is -3.63. The summed E-state index contributed by atoms with van der Waals surface area (Å²) in [6.45, 7) is 8.58. The monoisotopic (exact) mass is 519 g/mol. The van der Waals surface area contributed by atoms with Crippen LogP contribution in [0.15, 0.2) is 41.2 Å². The molecule has 1 aromatic carbocycles.